The van der Waals surface area contributed by atoms with Crippen molar-refractivity contribution >= 4 is 26.7 Å². The van der Waals surface area contributed by atoms with E-state index < -0.39 is 10.0 Å². The highest BCUT2D eigenvalue weighted by Gasteiger charge is 2.03. The highest BCUT2D eigenvalue weighted by Crippen LogP contribution is 2.08. The van der Waals surface area contributed by atoms with Gasteiger partial charge in [-0.15, -0.1) is 0 Å². The summed E-state index contributed by atoms with van der Waals surface area (Å²) in [7, 11) is -3.39. The molecule has 0 bridgehead atoms. The van der Waals surface area contributed by atoms with Crippen LogP contribution in [0.25, 0.3) is 0 Å². The van der Waals surface area contributed by atoms with Crippen molar-refractivity contribution in [1.29, 1.82) is 0 Å². The lowest BCUT2D eigenvalue weighted by molar-refractivity contribution is 0.598. The summed E-state index contributed by atoms with van der Waals surface area (Å²) in [5, 5.41) is 8.22. The van der Waals surface area contributed by atoms with E-state index in [0.717, 1.165) is 0 Å². The van der Waals surface area contributed by atoms with Crippen LogP contribution in [0.3, 0.4) is 0 Å². The Bertz CT molecular complexity index is 372. The van der Waals surface area contributed by atoms with Crippen molar-refractivity contribution in [3.05, 3.63) is 5.82 Å². The van der Waals surface area contributed by atoms with Crippen LogP contribution in [0.5, 0.6) is 0 Å². The van der Waals surface area contributed by atoms with Gasteiger partial charge in [0.1, 0.15) is 5.82 Å². The van der Waals surface area contributed by atoms with Crippen molar-refractivity contribution in [2.45, 2.75) is 6.92 Å². The Morgan fingerprint density at radius 2 is 2.31 bits per heavy atom. The van der Waals surface area contributed by atoms with Crippen molar-refractivity contribution in [3.63, 3.8) is 0 Å². The van der Waals surface area contributed by atoms with E-state index in [1.807, 2.05) is 0 Å². The Hall–Kier alpha value is -0.730. The van der Waals surface area contributed by atoms with E-state index in [9.17, 15) is 8.42 Å². The van der Waals surface area contributed by atoms with Crippen LogP contribution in [0.1, 0.15) is 5.82 Å². The fraction of sp³-hybridized carbons (Fsp3) is 0.600. The van der Waals surface area contributed by atoms with Crippen LogP contribution in [-0.4, -0.2) is 30.1 Å². The molecule has 0 unspecified atom stereocenters. The van der Waals surface area contributed by atoms with Gasteiger partial charge in [0, 0.05) is 18.1 Å². The maximum Gasteiger partial charge on any atom is 0.210 e. The zero-order chi connectivity index (χ0) is 9.90. The zero-order valence-electron chi connectivity index (χ0n) is 7.02. The number of aryl methyl sites for hydroxylation is 1. The quantitative estimate of drug-likeness (QED) is 0.718. The summed E-state index contributed by atoms with van der Waals surface area (Å²) < 4.78 is 25.0. The molecule has 0 atom stereocenters. The van der Waals surface area contributed by atoms with Crippen LogP contribution in [0, 0.1) is 6.92 Å². The van der Waals surface area contributed by atoms with Crippen LogP contribution < -0.4 is 10.5 Å². The average Bonchev–Trinajstić information content (AvgIpc) is 2.33. The number of nitrogens with one attached hydrogen (secondary N) is 1. The molecule has 1 rings (SSSR count). The molecule has 0 aliphatic heterocycles. The number of nitrogens with zero attached hydrogens (tertiary/aromatic N) is 2. The highest BCUT2D eigenvalue weighted by atomic mass is 32.2. The lowest BCUT2D eigenvalue weighted by atomic mass is 10.7. The van der Waals surface area contributed by atoms with Crippen LogP contribution in [0.15, 0.2) is 0 Å². The molecule has 0 aromatic carbocycles. The lowest BCUT2D eigenvalue weighted by Gasteiger charge is -1.98. The predicted octanol–water partition coefficient (Wildman–Crippen LogP) is -0.453. The second-order valence-corrected chi connectivity index (χ2v) is 4.93. The molecule has 13 heavy (non-hydrogen) atoms. The van der Waals surface area contributed by atoms with Crippen molar-refractivity contribution in [1.82, 2.24) is 9.36 Å². The third-order valence-electron chi connectivity index (χ3n) is 1.19. The molecule has 0 aliphatic carbocycles. The van der Waals surface area contributed by atoms with E-state index in [2.05, 4.69) is 14.7 Å². The van der Waals surface area contributed by atoms with E-state index in [1.165, 1.54) is 11.5 Å². The van der Waals surface area contributed by atoms with Crippen LogP contribution in [-0.2, 0) is 10.0 Å². The summed E-state index contributed by atoms with van der Waals surface area (Å²) in [5.74, 6) is 0.564. The maximum absolute atomic E-state index is 10.5. The molecule has 1 aromatic heterocycles. The minimum atomic E-state index is -3.39. The average molecular weight is 222 g/mol. The topological polar surface area (TPSA) is 98.0 Å². The second-order valence-electron chi connectivity index (χ2n) is 2.44. The Morgan fingerprint density at radius 3 is 2.77 bits per heavy atom. The van der Waals surface area contributed by atoms with E-state index in [-0.39, 0.29) is 12.3 Å². The second kappa shape index (κ2) is 3.99. The van der Waals surface area contributed by atoms with E-state index in [4.69, 9.17) is 5.14 Å². The number of primary sulfonamides is 1. The van der Waals surface area contributed by atoms with E-state index in [1.54, 1.807) is 6.92 Å². The van der Waals surface area contributed by atoms with E-state index in [0.29, 0.717) is 11.0 Å². The molecule has 0 amide bonds. The van der Waals surface area contributed by atoms with Gasteiger partial charge in [-0.3, -0.25) is 0 Å². The lowest BCUT2D eigenvalue weighted by Crippen LogP contribution is -2.22. The number of sulfonamides is 1. The summed E-state index contributed by atoms with van der Waals surface area (Å²) in [6, 6.07) is 0. The van der Waals surface area contributed by atoms with Crippen molar-refractivity contribution in [3.8, 4) is 0 Å². The summed E-state index contributed by atoms with van der Waals surface area (Å²) in [5.41, 5.74) is 0. The van der Waals surface area contributed by atoms with E-state index >= 15 is 0 Å². The van der Waals surface area contributed by atoms with Crippen LogP contribution in [0.2, 0.25) is 0 Å². The standard InChI is InChI=1S/C5H10N4O2S2/c1-4-8-5(12-9-4)7-2-3-13(6,10)11/h2-3H2,1H3,(H2,6,10,11)(H,7,8,9). The molecule has 6 nitrogen and oxygen atoms in total. The monoisotopic (exact) mass is 222 g/mol. The van der Waals surface area contributed by atoms with Gasteiger partial charge in [0.2, 0.25) is 15.2 Å². The van der Waals surface area contributed by atoms with Gasteiger partial charge in [0.15, 0.2) is 0 Å². The molecular formula is C5H10N4O2S2. The van der Waals surface area contributed by atoms with Crippen LogP contribution in [0.4, 0.5) is 5.13 Å². The third-order valence-corrected chi connectivity index (χ3v) is 2.73. The summed E-state index contributed by atoms with van der Waals surface area (Å²) in [4.78, 5) is 3.99. The number of hydrogen-bond donors (Lipinski definition) is 2. The molecule has 0 radical (unpaired) electrons. The van der Waals surface area contributed by atoms with Crippen molar-refractivity contribution < 1.29 is 8.42 Å². The first-order valence-electron chi connectivity index (χ1n) is 3.52. The van der Waals surface area contributed by atoms with Gasteiger partial charge < -0.3 is 5.32 Å². The first-order chi connectivity index (χ1) is 5.97. The number of nitrogens with two attached hydrogens (primary N) is 1. The van der Waals surface area contributed by atoms with Gasteiger partial charge in [-0.2, -0.15) is 4.37 Å². The Balaban J connectivity index is 2.36. The van der Waals surface area contributed by atoms with Crippen molar-refractivity contribution in [2.24, 2.45) is 5.14 Å². The molecule has 0 spiro atoms. The number of hydrogen-bond acceptors (Lipinski definition) is 6. The number of aromatic nitrogens is 2. The van der Waals surface area contributed by atoms with Gasteiger partial charge >= 0.3 is 0 Å². The number of anilines is 1. The fourth-order valence-electron chi connectivity index (χ4n) is 0.669. The van der Waals surface area contributed by atoms with Gasteiger partial charge in [-0.05, 0) is 6.92 Å². The van der Waals surface area contributed by atoms with Gasteiger partial charge in [0.25, 0.3) is 0 Å². The molecule has 0 fully saturated rings. The summed E-state index contributed by atoms with van der Waals surface area (Å²) in [6.45, 7) is 2.02. The third kappa shape index (κ3) is 4.15. The Morgan fingerprint density at radius 1 is 1.62 bits per heavy atom. The normalized spacial score (nSPS) is 11.5. The summed E-state index contributed by atoms with van der Waals surface area (Å²) in [6.07, 6.45) is 0. The molecular weight excluding hydrogens is 212 g/mol. The first-order valence-corrected chi connectivity index (χ1v) is 6.01. The molecule has 3 N–H and O–H groups in total. The Labute approximate surface area is 80.4 Å². The largest absolute Gasteiger partial charge is 0.359 e. The van der Waals surface area contributed by atoms with Gasteiger partial charge in [0.05, 0.1) is 5.75 Å². The van der Waals surface area contributed by atoms with Crippen LogP contribution >= 0.6 is 11.5 Å². The van der Waals surface area contributed by atoms with Gasteiger partial charge in [-0.1, -0.05) is 0 Å². The molecule has 74 valence electrons. The predicted molar refractivity (Wildman–Crippen MR) is 51.1 cm³/mol. The first kappa shape index (κ1) is 10.4. The minimum absolute atomic E-state index is 0.106. The SMILES string of the molecule is Cc1nsc(NCCS(N)(=O)=O)n1. The molecule has 0 aliphatic rings. The fourth-order valence-corrected chi connectivity index (χ4v) is 1.65. The highest BCUT2D eigenvalue weighted by molar-refractivity contribution is 7.89. The molecule has 0 saturated carbocycles. The molecule has 1 heterocycles. The van der Waals surface area contributed by atoms with Crippen molar-refractivity contribution in [2.75, 3.05) is 17.6 Å². The number of rotatable bonds is 4. The summed E-state index contributed by atoms with van der Waals surface area (Å²) >= 11 is 1.19. The zero-order valence-corrected chi connectivity index (χ0v) is 8.65. The molecule has 0 saturated heterocycles. The van der Waals surface area contributed by atoms with Gasteiger partial charge in [-0.25, -0.2) is 18.5 Å². The minimum Gasteiger partial charge on any atom is -0.359 e. The Kier molecular flexibility index (Phi) is 3.17. The smallest absolute Gasteiger partial charge is 0.210 e. The molecule has 1 aromatic rings. The maximum atomic E-state index is 10.5. The molecule has 8 heteroatoms.